The van der Waals surface area contributed by atoms with Crippen LogP contribution in [-0.4, -0.2) is 55.3 Å². The van der Waals surface area contributed by atoms with Gasteiger partial charge in [0.25, 0.3) is 0 Å². The second-order valence-electron chi connectivity index (χ2n) is 0.996. The first-order valence-corrected chi connectivity index (χ1v) is 3.35. The molecule has 0 saturated heterocycles. The molecule has 5 heteroatoms. The summed E-state index contributed by atoms with van der Waals surface area (Å²) in [6.45, 7) is 0. The summed E-state index contributed by atoms with van der Waals surface area (Å²) in [5, 5.41) is 0. The van der Waals surface area contributed by atoms with E-state index < -0.39 is 15.1 Å². The molecule has 46 valence electrons. The molecule has 0 N–H and O–H groups in total. The summed E-state index contributed by atoms with van der Waals surface area (Å²) in [4.78, 5) is 0. The molecule has 0 heterocycles. The van der Waals surface area contributed by atoms with Crippen LogP contribution in [0.3, 0.4) is 0 Å². The van der Waals surface area contributed by atoms with Crippen molar-refractivity contribution in [3.63, 3.8) is 0 Å². The molecule has 0 aliphatic rings. The van der Waals surface area contributed by atoms with E-state index in [1.807, 2.05) is 0 Å². The fourth-order valence-corrected chi connectivity index (χ4v) is 0.866. The predicted octanol–water partition coefficient (Wildman–Crippen LogP) is -0.492. The Morgan fingerprint density at radius 3 is 1.25 bits per heavy atom. The van der Waals surface area contributed by atoms with Gasteiger partial charge in [-0.2, -0.15) is 0 Å². The van der Waals surface area contributed by atoms with Crippen molar-refractivity contribution in [1.82, 2.24) is 0 Å². The molecule has 0 saturated carbocycles. The van der Waals surface area contributed by atoms with Crippen LogP contribution in [0.1, 0.15) is 1.43 Å². The van der Waals surface area contributed by atoms with E-state index in [2.05, 4.69) is 0 Å². The van der Waals surface area contributed by atoms with Crippen molar-refractivity contribution < 1.29 is 12.8 Å². The predicted molar refractivity (Wildman–Crippen MR) is 36.0 cm³/mol. The Morgan fingerprint density at radius 2 is 1.25 bits per heavy atom. The Hall–Kier alpha value is 1.01. The van der Waals surface area contributed by atoms with Crippen LogP contribution in [0.15, 0.2) is 0 Å². The van der Waals surface area contributed by atoms with Gasteiger partial charge in [-0.05, 0) is 0 Å². The van der Waals surface area contributed by atoms with Gasteiger partial charge in [-0.1, -0.05) is 0 Å². The SMILES string of the molecule is C[O][Al]([O]C)[O]C.[HH].[LiH]. The maximum atomic E-state index is 4.74. The molecule has 0 unspecified atom stereocenters. The van der Waals surface area contributed by atoms with E-state index >= 15 is 0 Å². The standard InChI is InChI=1S/3CH3O.Al.Li.H2.H/c3*1-2;;;;/h3*1H3;;;1H;/q3*-1;+3;;;. The van der Waals surface area contributed by atoms with E-state index in [9.17, 15) is 0 Å². The summed E-state index contributed by atoms with van der Waals surface area (Å²) in [6.07, 6.45) is 0. The van der Waals surface area contributed by atoms with E-state index in [-0.39, 0.29) is 20.3 Å². The zero-order chi connectivity index (χ0) is 5.70. The average molecular weight is 130 g/mol. The van der Waals surface area contributed by atoms with Crippen LogP contribution in [0.25, 0.3) is 0 Å². The van der Waals surface area contributed by atoms with Crippen LogP contribution in [0.4, 0.5) is 0 Å². The van der Waals surface area contributed by atoms with Crippen LogP contribution in [0, 0.1) is 0 Å². The summed E-state index contributed by atoms with van der Waals surface area (Å²) in [5.74, 6) is 0. The Morgan fingerprint density at radius 1 is 1.00 bits per heavy atom. The molecule has 3 nitrogen and oxygen atoms in total. The quantitative estimate of drug-likeness (QED) is 0.482. The summed E-state index contributed by atoms with van der Waals surface area (Å²) in [6, 6.07) is 0. The molecular formula is C3H12AlLiO3. The second kappa shape index (κ2) is 8.01. The first kappa shape index (κ1) is 11.8. The van der Waals surface area contributed by atoms with E-state index in [1.165, 1.54) is 0 Å². The molecule has 0 fully saturated rings. The number of hydrogen-bond acceptors (Lipinski definition) is 3. The summed E-state index contributed by atoms with van der Waals surface area (Å²) in [5.41, 5.74) is 0. The third kappa shape index (κ3) is 5.15. The average Bonchev–Trinajstić information content (AvgIpc) is 1.72. The van der Waals surface area contributed by atoms with Crippen molar-refractivity contribution in [1.29, 1.82) is 0 Å². The fourth-order valence-electron chi connectivity index (χ4n) is 0.289. The van der Waals surface area contributed by atoms with E-state index in [4.69, 9.17) is 11.4 Å². The van der Waals surface area contributed by atoms with Crippen molar-refractivity contribution >= 4 is 34.0 Å². The molecule has 0 rings (SSSR count). The molecule has 0 aromatic heterocycles. The van der Waals surface area contributed by atoms with Gasteiger partial charge < -0.3 is 11.4 Å². The van der Waals surface area contributed by atoms with Gasteiger partial charge in [0.2, 0.25) is 0 Å². The van der Waals surface area contributed by atoms with Crippen molar-refractivity contribution in [3.05, 3.63) is 0 Å². The molecule has 0 aromatic rings. The first-order chi connectivity index (χ1) is 3.35. The molecule has 0 radical (unpaired) electrons. The monoisotopic (exact) mass is 130 g/mol. The Bertz CT molecular complexity index is 40.5. The molecule has 8 heavy (non-hydrogen) atoms. The minimum atomic E-state index is -1.67. The first-order valence-electron chi connectivity index (χ1n) is 1.93. The zero-order valence-corrected chi connectivity index (χ0v) is 5.96. The summed E-state index contributed by atoms with van der Waals surface area (Å²) >= 11 is -1.67. The summed E-state index contributed by atoms with van der Waals surface area (Å²) in [7, 11) is 4.72. The Balaban J connectivity index is -0.000000180. The Kier molecular flexibility index (Phi) is 11.8. The van der Waals surface area contributed by atoms with Gasteiger partial charge >= 0.3 is 34.0 Å². The van der Waals surface area contributed by atoms with E-state index in [1.54, 1.807) is 21.3 Å². The zero-order valence-electron chi connectivity index (χ0n) is 4.80. The number of rotatable bonds is 3. The van der Waals surface area contributed by atoms with E-state index in [0.29, 0.717) is 0 Å². The number of hydrogen-bond donors (Lipinski definition) is 0. The molecule has 0 aliphatic heterocycles. The molecular weight excluding hydrogens is 118 g/mol. The van der Waals surface area contributed by atoms with Crippen molar-refractivity contribution in [2.24, 2.45) is 0 Å². The van der Waals surface area contributed by atoms with Crippen LogP contribution in [-0.2, 0) is 11.4 Å². The van der Waals surface area contributed by atoms with Gasteiger partial charge in [-0.25, -0.2) is 0 Å². The minimum absolute atomic E-state index is 0. The van der Waals surface area contributed by atoms with E-state index in [0.717, 1.165) is 0 Å². The van der Waals surface area contributed by atoms with Crippen LogP contribution in [0.5, 0.6) is 0 Å². The van der Waals surface area contributed by atoms with Crippen molar-refractivity contribution in [2.75, 3.05) is 21.3 Å². The fraction of sp³-hybridized carbons (Fsp3) is 1.00. The normalized spacial score (nSPS) is 7.88. The molecule has 0 aliphatic carbocycles. The Labute approximate surface area is 68.4 Å². The molecule has 0 amide bonds. The molecule has 0 spiro atoms. The topological polar surface area (TPSA) is 27.7 Å². The van der Waals surface area contributed by atoms with Gasteiger partial charge in [0.05, 0.1) is 0 Å². The third-order valence-corrected chi connectivity index (χ3v) is 1.73. The molecule has 0 aromatic carbocycles. The van der Waals surface area contributed by atoms with Crippen molar-refractivity contribution in [3.8, 4) is 0 Å². The third-order valence-electron chi connectivity index (χ3n) is 0.577. The van der Waals surface area contributed by atoms with Gasteiger partial charge in [0, 0.05) is 22.8 Å². The van der Waals surface area contributed by atoms with Crippen LogP contribution >= 0.6 is 0 Å². The van der Waals surface area contributed by atoms with Crippen LogP contribution in [0.2, 0.25) is 0 Å². The van der Waals surface area contributed by atoms with Gasteiger partial charge in [-0.3, -0.25) is 0 Å². The summed E-state index contributed by atoms with van der Waals surface area (Å²) < 4.78 is 14.2. The van der Waals surface area contributed by atoms with Gasteiger partial charge in [0.1, 0.15) is 0 Å². The second-order valence-corrected chi connectivity index (χ2v) is 2.99. The van der Waals surface area contributed by atoms with Crippen molar-refractivity contribution in [2.45, 2.75) is 0 Å². The molecule has 0 atom stereocenters. The van der Waals surface area contributed by atoms with Crippen LogP contribution < -0.4 is 0 Å². The molecule has 0 bridgehead atoms. The van der Waals surface area contributed by atoms with Gasteiger partial charge in [-0.15, -0.1) is 0 Å². The maximum absolute atomic E-state index is 4.74. The van der Waals surface area contributed by atoms with Gasteiger partial charge in [0.15, 0.2) is 0 Å².